The lowest BCUT2D eigenvalue weighted by Gasteiger charge is -2.47. The fraction of sp³-hybridized carbons (Fsp3) is 0.783. The summed E-state index contributed by atoms with van der Waals surface area (Å²) < 4.78 is 73.5. The van der Waals surface area contributed by atoms with Crippen LogP contribution in [-0.4, -0.2) is 54.8 Å². The lowest BCUT2D eigenvalue weighted by Crippen LogP contribution is -2.56. The maximum atomic E-state index is 14.3. The third kappa shape index (κ3) is 31.3. The Balaban J connectivity index is 0.000000301. The SMILES string of the molecule is CC(C)(C)C1(F)C#CCCCCC1.CC(C)(C)C1C#CCCCCC1.CC(C)(C)C1C2CCC#CCCC21.CC(C)(C)C1CCC#CC(F)(F)CC1.CC(C)(C)C1CCCCC#CC1(F)F.CC(C)(C)c1ccc2c(c1)CCC#CCC2.COC1C(C(C)(C)C)C#CCCN(C)C1(C)C. The van der Waals surface area contributed by atoms with Crippen molar-refractivity contribution in [3.05, 3.63) is 34.9 Å². The lowest BCUT2D eigenvalue weighted by molar-refractivity contribution is -0.0683. The number of benzene rings is 1. The lowest BCUT2D eigenvalue weighted by atomic mass is 9.71. The molecule has 1 fully saturated rings. The molecule has 0 spiro atoms. The van der Waals surface area contributed by atoms with Gasteiger partial charge in [-0.2, -0.15) is 17.6 Å². The Hall–Kier alpha value is -4.29. The minimum atomic E-state index is -2.81. The molecular weight excluding hydrogens is 1230 g/mol. The molecule has 1 aromatic rings. The van der Waals surface area contributed by atoms with Crippen LogP contribution in [0.25, 0.3) is 0 Å². The number of methoxy groups -OCH3 is 1. The highest BCUT2D eigenvalue weighted by Crippen LogP contribution is 2.60. The number of ether oxygens (including phenoxy) is 1. The second-order valence-electron chi connectivity index (χ2n) is 37.9. The summed E-state index contributed by atoms with van der Waals surface area (Å²) in [5.41, 5.74) is 3.91. The second-order valence-corrected chi connectivity index (χ2v) is 37.9. The highest BCUT2D eigenvalue weighted by atomic mass is 19.3. The van der Waals surface area contributed by atoms with E-state index in [4.69, 9.17) is 4.74 Å². The number of nitrogens with zero attached hydrogens (tertiary/aromatic N) is 1. The molecule has 8 atom stereocenters. The van der Waals surface area contributed by atoms with Gasteiger partial charge in [0.15, 0.2) is 5.67 Å². The van der Waals surface area contributed by atoms with E-state index in [-0.39, 0.29) is 51.1 Å². The minimum absolute atomic E-state index is 0.0157. The monoisotopic (exact) mass is 1370 g/mol. The van der Waals surface area contributed by atoms with Gasteiger partial charge in [-0.1, -0.05) is 225 Å². The zero-order chi connectivity index (χ0) is 75.0. The number of alkyl halides is 5. The number of hydrogen-bond donors (Lipinski definition) is 0. The predicted molar refractivity (Wildman–Crippen MR) is 415 cm³/mol. The first-order valence-electron chi connectivity index (χ1n) is 38.8. The topological polar surface area (TPSA) is 12.5 Å². The zero-order valence-electron chi connectivity index (χ0n) is 67.9. The molecule has 0 bridgehead atoms. The molecular formula is C92H142F5NO. The smallest absolute Gasteiger partial charge is 0.311 e. The molecule has 1 aromatic carbocycles. The molecule has 1 aliphatic heterocycles. The van der Waals surface area contributed by atoms with Gasteiger partial charge in [-0.05, 0) is 189 Å². The molecule has 0 N–H and O–H groups in total. The second kappa shape index (κ2) is 39.0. The minimum Gasteiger partial charge on any atom is -0.378 e. The van der Waals surface area contributed by atoms with Crippen LogP contribution in [0, 0.1) is 157 Å². The van der Waals surface area contributed by atoms with E-state index in [1.54, 1.807) is 0 Å². The number of aryl methyl sites for hydroxylation is 2. The number of fused-ring (bicyclic) bond motifs is 2. The Bertz CT molecular complexity index is 3070. The fourth-order valence-corrected chi connectivity index (χ4v) is 14.9. The van der Waals surface area contributed by atoms with Gasteiger partial charge in [-0.15, -0.1) is 35.5 Å². The van der Waals surface area contributed by atoms with Gasteiger partial charge >= 0.3 is 11.8 Å². The molecule has 7 aliphatic carbocycles. The van der Waals surface area contributed by atoms with Crippen molar-refractivity contribution in [2.24, 2.45) is 73.9 Å². The number of halogens is 5. The average Bonchev–Trinajstić information content (AvgIpc) is 1.61. The van der Waals surface area contributed by atoms with Crippen LogP contribution in [0.4, 0.5) is 22.0 Å². The number of likely N-dealkylation sites (N-methyl/N-ethyl adjacent to an activating group) is 1. The summed E-state index contributed by atoms with van der Waals surface area (Å²) in [6, 6.07) is 6.99. The Morgan fingerprint density at radius 1 is 0.455 bits per heavy atom. The van der Waals surface area contributed by atoms with Crippen LogP contribution in [0.3, 0.4) is 0 Å². The van der Waals surface area contributed by atoms with Gasteiger partial charge in [-0.25, -0.2) is 4.39 Å². The van der Waals surface area contributed by atoms with Gasteiger partial charge in [0.05, 0.1) is 12.0 Å². The quantitative estimate of drug-likeness (QED) is 0.205. The molecule has 8 unspecified atom stereocenters. The molecule has 0 amide bonds. The third-order valence-corrected chi connectivity index (χ3v) is 22.0. The zero-order valence-corrected chi connectivity index (χ0v) is 67.9. The van der Waals surface area contributed by atoms with Crippen molar-refractivity contribution in [3.63, 3.8) is 0 Å². The van der Waals surface area contributed by atoms with Gasteiger partial charge in [0, 0.05) is 101 Å². The van der Waals surface area contributed by atoms with Crippen molar-refractivity contribution < 1.29 is 26.7 Å². The number of rotatable bonds is 1. The average molecular weight is 1370 g/mol. The van der Waals surface area contributed by atoms with Crippen LogP contribution in [0.15, 0.2) is 18.2 Å². The molecule has 556 valence electrons. The predicted octanol–water partition coefficient (Wildman–Crippen LogP) is 25.2. The van der Waals surface area contributed by atoms with Crippen molar-refractivity contribution >= 4 is 0 Å². The Morgan fingerprint density at radius 3 is 1.51 bits per heavy atom. The molecule has 2 nitrogen and oxygen atoms in total. The molecule has 1 heterocycles. The van der Waals surface area contributed by atoms with E-state index in [0.717, 1.165) is 121 Å². The van der Waals surface area contributed by atoms with Gasteiger partial charge in [-0.3, -0.25) is 4.90 Å². The Labute approximate surface area is 608 Å². The molecule has 1 saturated carbocycles. The Kier molecular flexibility index (Phi) is 35.0. The molecule has 99 heavy (non-hydrogen) atoms. The highest BCUT2D eigenvalue weighted by molar-refractivity contribution is 5.37. The number of hydrogen-bond acceptors (Lipinski definition) is 2. The summed E-state index contributed by atoms with van der Waals surface area (Å²) >= 11 is 0. The van der Waals surface area contributed by atoms with Crippen LogP contribution in [0.1, 0.15) is 336 Å². The van der Waals surface area contributed by atoms with Gasteiger partial charge in [0.25, 0.3) is 0 Å². The molecule has 0 aromatic heterocycles. The van der Waals surface area contributed by atoms with Crippen molar-refractivity contribution in [1.82, 2.24) is 4.90 Å². The van der Waals surface area contributed by atoms with Crippen LogP contribution in [0.5, 0.6) is 0 Å². The first-order chi connectivity index (χ1) is 45.6. The summed E-state index contributed by atoms with van der Waals surface area (Å²) in [6.07, 6.45) is 26.6. The molecule has 9 rings (SSSR count). The Morgan fingerprint density at radius 2 is 0.970 bits per heavy atom. The summed E-state index contributed by atoms with van der Waals surface area (Å²) in [6.45, 7) is 50.9. The third-order valence-electron chi connectivity index (χ3n) is 22.0. The van der Waals surface area contributed by atoms with Crippen molar-refractivity contribution in [2.45, 2.75) is 367 Å². The summed E-state index contributed by atoms with van der Waals surface area (Å²) in [5, 5.41) is 0. The van der Waals surface area contributed by atoms with E-state index in [9.17, 15) is 22.0 Å². The normalized spacial score (nSPS) is 27.3. The summed E-state index contributed by atoms with van der Waals surface area (Å²) in [4.78, 5) is 2.37. The fourth-order valence-electron chi connectivity index (χ4n) is 14.9. The van der Waals surface area contributed by atoms with Crippen LogP contribution in [0.2, 0.25) is 0 Å². The first kappa shape index (κ1) is 88.9. The molecule has 7 heteroatoms. The first-order valence-corrected chi connectivity index (χ1v) is 38.8. The molecule has 0 saturated heterocycles. The van der Waals surface area contributed by atoms with Crippen LogP contribution in [-0.2, 0) is 23.0 Å². The van der Waals surface area contributed by atoms with E-state index in [2.05, 4.69) is 225 Å². The van der Waals surface area contributed by atoms with E-state index >= 15 is 0 Å². The van der Waals surface area contributed by atoms with Crippen LogP contribution >= 0.6 is 0 Å². The standard InChI is InChI=1S/C16H20.C15H27NO.C13H20.2C12H18F2.C12H19F.C12H20/c1-16(2,3)15-11-10-13-8-6-4-5-7-9-14(13)12-15;1-14(2,3)12-10-8-9-11-16(6)15(4,5)13(12)17-7;1-13(2,3)12-10-8-6-4-5-7-9-11(10)12;1-11(2,3)10-6-4-5-8-12(13,14)9-7-10;1-11(2,3)10-8-6-4-5-7-9-12(10,13)14;1-11(2,3)12(13)9-7-5-4-6-8-10-12;1-12(2,3)11-9-7-5-4-6-8-10-11/h10-12H,6-9H2,1-3H3;12-13H,9,11H2,1-7H3;10-12H,6-9H2,1-3H3;10H,4,6-7,9H2,1-3H3;10H,4-6,8H2,1-3H3;4-7,9H2,1-3H3;11H,4-7,9H2,1-3H3. The van der Waals surface area contributed by atoms with E-state index in [0.29, 0.717) is 54.8 Å². The summed E-state index contributed by atoms with van der Waals surface area (Å²) in [5.74, 6) is 39.6. The van der Waals surface area contributed by atoms with Crippen molar-refractivity contribution in [3.8, 4) is 82.9 Å². The largest absolute Gasteiger partial charge is 0.378 e. The van der Waals surface area contributed by atoms with Crippen molar-refractivity contribution in [2.75, 3.05) is 20.7 Å². The summed E-state index contributed by atoms with van der Waals surface area (Å²) in [7, 11) is 3.97. The van der Waals surface area contributed by atoms with Crippen LogP contribution < -0.4 is 0 Å². The highest BCUT2D eigenvalue weighted by Gasteiger charge is 2.54. The van der Waals surface area contributed by atoms with Gasteiger partial charge < -0.3 is 4.74 Å². The van der Waals surface area contributed by atoms with Crippen molar-refractivity contribution in [1.29, 1.82) is 0 Å². The van der Waals surface area contributed by atoms with E-state index in [1.165, 1.54) is 55.2 Å². The maximum Gasteiger partial charge on any atom is 0.311 e. The molecule has 8 aliphatic rings. The molecule has 0 radical (unpaired) electrons. The van der Waals surface area contributed by atoms with Gasteiger partial charge in [0.1, 0.15) is 0 Å². The van der Waals surface area contributed by atoms with E-state index < -0.39 is 23.4 Å². The van der Waals surface area contributed by atoms with E-state index in [1.807, 2.05) is 54.6 Å². The maximum absolute atomic E-state index is 14.3. The van der Waals surface area contributed by atoms with Gasteiger partial charge in [0.2, 0.25) is 0 Å².